The lowest BCUT2D eigenvalue weighted by atomic mass is 10.2. The molecule has 2 nitrogen and oxygen atoms in total. The summed E-state index contributed by atoms with van der Waals surface area (Å²) in [7, 11) is 0. The van der Waals surface area contributed by atoms with Crippen LogP contribution in [0.25, 0.3) is 0 Å². The van der Waals surface area contributed by atoms with Crippen molar-refractivity contribution in [1.29, 1.82) is 0 Å². The average Bonchev–Trinajstić information content (AvgIpc) is 2.43. The van der Waals surface area contributed by atoms with Crippen molar-refractivity contribution in [2.24, 2.45) is 0 Å². The molecule has 1 saturated heterocycles. The number of hydrogen-bond donors (Lipinski definition) is 0. The van der Waals surface area contributed by atoms with Crippen LogP contribution < -0.4 is 0 Å². The Labute approximate surface area is 93.9 Å². The van der Waals surface area contributed by atoms with Gasteiger partial charge in [0, 0.05) is 17.6 Å². The molecule has 0 saturated carbocycles. The number of hydrogen-bond acceptors (Lipinski definition) is 3. The maximum absolute atomic E-state index is 5.80. The topological polar surface area (TPSA) is 16.1 Å². The second kappa shape index (κ2) is 5.10. The molecular weight excluding hydrogens is 216 g/mol. The highest BCUT2D eigenvalue weighted by Gasteiger charge is 2.10. The van der Waals surface area contributed by atoms with Gasteiger partial charge >= 0.3 is 0 Å². The van der Waals surface area contributed by atoms with Crippen LogP contribution in [0.3, 0.4) is 0 Å². The van der Waals surface area contributed by atoms with Crippen molar-refractivity contribution in [3.63, 3.8) is 0 Å². The molecule has 0 aliphatic carbocycles. The van der Waals surface area contributed by atoms with E-state index >= 15 is 0 Å². The minimum Gasteiger partial charge on any atom is -0.298 e. The number of likely N-dealkylation sites (tertiary alicyclic amines) is 1. The Bertz CT molecular complexity index is 279. The first-order valence-electron chi connectivity index (χ1n) is 5.17. The monoisotopic (exact) mass is 230 g/mol. The minimum absolute atomic E-state index is 0.662. The summed E-state index contributed by atoms with van der Waals surface area (Å²) in [4.78, 5) is 7.86. The quantitative estimate of drug-likeness (QED) is 0.776. The van der Waals surface area contributed by atoms with E-state index in [-0.39, 0.29) is 0 Å². The molecule has 0 aromatic carbocycles. The molecule has 0 N–H and O–H groups in total. The summed E-state index contributed by atoms with van der Waals surface area (Å²) >= 11 is 7.40. The van der Waals surface area contributed by atoms with Gasteiger partial charge in [-0.2, -0.15) is 0 Å². The van der Waals surface area contributed by atoms with E-state index in [9.17, 15) is 0 Å². The van der Waals surface area contributed by atoms with Crippen molar-refractivity contribution < 1.29 is 0 Å². The van der Waals surface area contributed by atoms with Gasteiger partial charge in [-0.25, -0.2) is 4.98 Å². The molecular formula is C10H15ClN2S. The van der Waals surface area contributed by atoms with E-state index in [4.69, 9.17) is 11.6 Å². The molecule has 1 aliphatic heterocycles. The van der Waals surface area contributed by atoms with Gasteiger partial charge in [0.1, 0.15) is 0 Å². The van der Waals surface area contributed by atoms with Crippen molar-refractivity contribution in [2.45, 2.75) is 32.2 Å². The van der Waals surface area contributed by atoms with Gasteiger partial charge in [0.25, 0.3) is 0 Å². The molecule has 0 amide bonds. The molecule has 1 aromatic heterocycles. The Morgan fingerprint density at radius 3 is 2.57 bits per heavy atom. The third kappa shape index (κ3) is 2.94. The maximum atomic E-state index is 5.80. The molecule has 2 heterocycles. The van der Waals surface area contributed by atoms with Crippen molar-refractivity contribution in [3.05, 3.63) is 15.5 Å². The maximum Gasteiger partial charge on any atom is 0.183 e. The molecule has 1 fully saturated rings. The summed E-state index contributed by atoms with van der Waals surface area (Å²) in [6.45, 7) is 3.50. The molecule has 0 unspecified atom stereocenters. The minimum atomic E-state index is 0.662. The summed E-state index contributed by atoms with van der Waals surface area (Å²) in [6, 6.07) is 0. The normalized spacial score (nSPS) is 19.5. The predicted octanol–water partition coefficient (Wildman–Crippen LogP) is 3.17. The zero-order valence-electron chi connectivity index (χ0n) is 8.21. The van der Waals surface area contributed by atoms with Gasteiger partial charge in [0.2, 0.25) is 0 Å². The fourth-order valence-electron chi connectivity index (χ4n) is 1.87. The third-order valence-electron chi connectivity index (χ3n) is 2.60. The van der Waals surface area contributed by atoms with Crippen LogP contribution >= 0.6 is 22.9 Å². The van der Waals surface area contributed by atoms with Crippen molar-refractivity contribution in [3.8, 4) is 0 Å². The predicted molar refractivity (Wildman–Crippen MR) is 60.9 cm³/mol. The standard InChI is InChI=1S/C10H15ClN2S/c11-10-12-7-9(14-10)8-13-5-3-1-2-4-6-13/h7H,1-6,8H2. The van der Waals surface area contributed by atoms with E-state index in [1.807, 2.05) is 6.20 Å². The largest absolute Gasteiger partial charge is 0.298 e. The van der Waals surface area contributed by atoms with Gasteiger partial charge in [-0.1, -0.05) is 24.4 Å². The molecule has 78 valence electrons. The summed E-state index contributed by atoms with van der Waals surface area (Å²) < 4.78 is 0.662. The lowest BCUT2D eigenvalue weighted by Gasteiger charge is -2.17. The van der Waals surface area contributed by atoms with Gasteiger partial charge in [-0.15, -0.1) is 11.3 Å². The van der Waals surface area contributed by atoms with E-state index < -0.39 is 0 Å². The second-order valence-electron chi connectivity index (χ2n) is 3.77. The lowest BCUT2D eigenvalue weighted by molar-refractivity contribution is 0.279. The van der Waals surface area contributed by atoms with Crippen molar-refractivity contribution in [1.82, 2.24) is 9.88 Å². The molecule has 0 bridgehead atoms. The lowest BCUT2D eigenvalue weighted by Crippen LogP contribution is -2.23. The van der Waals surface area contributed by atoms with E-state index in [0.29, 0.717) is 4.47 Å². The summed E-state index contributed by atoms with van der Waals surface area (Å²) in [6.07, 6.45) is 7.36. The Balaban J connectivity index is 1.89. The number of aromatic nitrogens is 1. The fourth-order valence-corrected chi connectivity index (χ4v) is 2.89. The van der Waals surface area contributed by atoms with Crippen LogP contribution in [0.5, 0.6) is 0 Å². The Morgan fingerprint density at radius 2 is 2.00 bits per heavy atom. The second-order valence-corrected chi connectivity index (χ2v) is 5.47. The first kappa shape index (κ1) is 10.4. The molecule has 1 aromatic rings. The summed E-state index contributed by atoms with van der Waals surface area (Å²) in [5.74, 6) is 0. The Kier molecular flexibility index (Phi) is 3.79. The van der Waals surface area contributed by atoms with Gasteiger partial charge in [-0.05, 0) is 25.9 Å². The smallest absolute Gasteiger partial charge is 0.183 e. The number of thiazole rings is 1. The first-order valence-corrected chi connectivity index (χ1v) is 6.36. The highest BCUT2D eigenvalue weighted by molar-refractivity contribution is 7.15. The van der Waals surface area contributed by atoms with E-state index in [0.717, 1.165) is 6.54 Å². The van der Waals surface area contributed by atoms with Gasteiger partial charge in [0.05, 0.1) is 0 Å². The highest BCUT2D eigenvalue weighted by atomic mass is 35.5. The number of rotatable bonds is 2. The highest BCUT2D eigenvalue weighted by Crippen LogP contribution is 2.20. The number of halogens is 1. The van der Waals surface area contributed by atoms with Crippen LogP contribution in [-0.2, 0) is 6.54 Å². The molecule has 4 heteroatoms. The van der Waals surface area contributed by atoms with Gasteiger partial charge in [-0.3, -0.25) is 4.90 Å². The number of nitrogens with zero attached hydrogens (tertiary/aromatic N) is 2. The van der Waals surface area contributed by atoms with Crippen LogP contribution in [0.2, 0.25) is 4.47 Å². The SMILES string of the molecule is Clc1ncc(CN2CCCCCC2)s1. The third-order valence-corrected chi connectivity index (χ3v) is 3.70. The molecule has 1 aliphatic rings. The summed E-state index contributed by atoms with van der Waals surface area (Å²) in [5.41, 5.74) is 0. The van der Waals surface area contributed by atoms with Crippen molar-refractivity contribution in [2.75, 3.05) is 13.1 Å². The molecule has 2 rings (SSSR count). The van der Waals surface area contributed by atoms with Gasteiger partial charge < -0.3 is 0 Å². The van der Waals surface area contributed by atoms with Gasteiger partial charge in [0.15, 0.2) is 4.47 Å². The van der Waals surface area contributed by atoms with Crippen LogP contribution in [-0.4, -0.2) is 23.0 Å². The Hall–Kier alpha value is -0.120. The van der Waals surface area contributed by atoms with Crippen LogP contribution in [0.15, 0.2) is 6.20 Å². The molecule has 14 heavy (non-hydrogen) atoms. The average molecular weight is 231 g/mol. The molecule has 0 atom stereocenters. The molecule has 0 spiro atoms. The zero-order valence-corrected chi connectivity index (χ0v) is 9.78. The van der Waals surface area contributed by atoms with Crippen LogP contribution in [0.4, 0.5) is 0 Å². The van der Waals surface area contributed by atoms with Crippen LogP contribution in [0.1, 0.15) is 30.6 Å². The zero-order chi connectivity index (χ0) is 9.80. The van der Waals surface area contributed by atoms with Crippen molar-refractivity contribution >= 4 is 22.9 Å². The van der Waals surface area contributed by atoms with E-state index in [2.05, 4.69) is 9.88 Å². The van der Waals surface area contributed by atoms with E-state index in [1.165, 1.54) is 43.6 Å². The molecule has 0 radical (unpaired) electrons. The van der Waals surface area contributed by atoms with Crippen LogP contribution in [0, 0.1) is 0 Å². The summed E-state index contributed by atoms with van der Waals surface area (Å²) in [5, 5.41) is 0. The fraction of sp³-hybridized carbons (Fsp3) is 0.700. The first-order chi connectivity index (χ1) is 6.84. The van der Waals surface area contributed by atoms with E-state index in [1.54, 1.807) is 11.3 Å². The Morgan fingerprint density at radius 1 is 1.29 bits per heavy atom.